The first kappa shape index (κ1) is 17.8. The molecule has 4 rings (SSSR count). The quantitative estimate of drug-likeness (QED) is 0.591. The Labute approximate surface area is 160 Å². The van der Waals surface area contributed by atoms with Crippen molar-refractivity contribution < 1.29 is 4.79 Å². The van der Waals surface area contributed by atoms with Crippen molar-refractivity contribution >= 4 is 22.3 Å². The highest BCUT2D eigenvalue weighted by Crippen LogP contribution is 2.17. The van der Waals surface area contributed by atoms with E-state index in [-0.39, 0.29) is 23.2 Å². The van der Waals surface area contributed by atoms with Crippen LogP contribution in [0.5, 0.6) is 0 Å². The number of rotatable bonds is 4. The molecular formula is C20H20N6O2. The minimum absolute atomic E-state index is 0.165. The lowest BCUT2D eigenvalue weighted by Gasteiger charge is -2.15. The van der Waals surface area contributed by atoms with Crippen LogP contribution in [0.25, 0.3) is 16.4 Å². The van der Waals surface area contributed by atoms with Gasteiger partial charge in [0, 0.05) is 11.6 Å². The number of hydrogen-bond donors (Lipinski definition) is 1. The van der Waals surface area contributed by atoms with Crippen molar-refractivity contribution in [2.24, 2.45) is 0 Å². The van der Waals surface area contributed by atoms with Gasteiger partial charge in [-0.3, -0.25) is 14.0 Å². The second-order valence-electron chi connectivity index (χ2n) is 6.92. The summed E-state index contributed by atoms with van der Waals surface area (Å²) in [5.41, 5.74) is 0.707. The number of amides is 1. The Bertz CT molecular complexity index is 1240. The monoisotopic (exact) mass is 376 g/mol. The molecule has 4 aromatic rings. The van der Waals surface area contributed by atoms with Gasteiger partial charge in [-0.15, -0.1) is 10.2 Å². The van der Waals surface area contributed by atoms with Gasteiger partial charge < -0.3 is 5.32 Å². The third-order valence-corrected chi connectivity index (χ3v) is 4.61. The molecule has 0 bridgehead atoms. The van der Waals surface area contributed by atoms with Gasteiger partial charge in [0.05, 0.1) is 17.5 Å². The number of nitrogens with zero attached hydrogens (tertiary/aromatic N) is 5. The lowest BCUT2D eigenvalue weighted by molar-refractivity contribution is 0.0932. The van der Waals surface area contributed by atoms with Crippen molar-refractivity contribution in [2.45, 2.75) is 32.9 Å². The molecule has 0 aliphatic heterocycles. The minimum atomic E-state index is -0.398. The second-order valence-corrected chi connectivity index (χ2v) is 6.92. The van der Waals surface area contributed by atoms with Gasteiger partial charge >= 0.3 is 0 Å². The average molecular weight is 376 g/mol. The van der Waals surface area contributed by atoms with Crippen LogP contribution in [-0.2, 0) is 0 Å². The molecule has 1 atom stereocenters. The SMILES string of the molecule is CC(NC(=O)c1nn(C(C)C)c(=O)c2ccccc12)c1nnc2ccccn12. The van der Waals surface area contributed by atoms with E-state index in [1.165, 1.54) is 4.68 Å². The lowest BCUT2D eigenvalue weighted by atomic mass is 10.1. The average Bonchev–Trinajstić information content (AvgIpc) is 3.12. The van der Waals surface area contributed by atoms with E-state index < -0.39 is 6.04 Å². The first-order chi connectivity index (χ1) is 13.5. The molecule has 0 aliphatic carbocycles. The van der Waals surface area contributed by atoms with E-state index in [0.29, 0.717) is 22.2 Å². The number of aromatic nitrogens is 5. The number of pyridine rings is 1. The van der Waals surface area contributed by atoms with Gasteiger partial charge in [0.25, 0.3) is 11.5 Å². The number of carbonyl (C=O) groups excluding carboxylic acids is 1. The van der Waals surface area contributed by atoms with Crippen molar-refractivity contribution in [1.82, 2.24) is 29.7 Å². The predicted molar refractivity (Wildman–Crippen MR) is 105 cm³/mol. The topological polar surface area (TPSA) is 94.2 Å². The van der Waals surface area contributed by atoms with Crippen LogP contribution in [0.4, 0.5) is 0 Å². The zero-order valence-electron chi connectivity index (χ0n) is 15.8. The number of benzene rings is 1. The van der Waals surface area contributed by atoms with Gasteiger partial charge in [-0.05, 0) is 39.0 Å². The normalized spacial score (nSPS) is 12.6. The van der Waals surface area contributed by atoms with E-state index in [1.54, 1.807) is 24.3 Å². The summed E-state index contributed by atoms with van der Waals surface area (Å²) >= 11 is 0. The Kier molecular flexibility index (Phi) is 4.38. The molecule has 3 aromatic heterocycles. The van der Waals surface area contributed by atoms with E-state index >= 15 is 0 Å². The summed E-state index contributed by atoms with van der Waals surface area (Å²) in [6.07, 6.45) is 1.85. The summed E-state index contributed by atoms with van der Waals surface area (Å²) in [6.45, 7) is 5.55. The van der Waals surface area contributed by atoms with Gasteiger partial charge in [0.1, 0.15) is 0 Å². The zero-order chi connectivity index (χ0) is 19.8. The molecule has 28 heavy (non-hydrogen) atoms. The molecule has 0 saturated heterocycles. The van der Waals surface area contributed by atoms with Crippen LogP contribution in [-0.4, -0.2) is 30.3 Å². The Morgan fingerprint density at radius 1 is 1.00 bits per heavy atom. The van der Waals surface area contributed by atoms with Crippen molar-refractivity contribution in [3.63, 3.8) is 0 Å². The molecule has 1 amide bonds. The summed E-state index contributed by atoms with van der Waals surface area (Å²) in [6, 6.07) is 12.1. The highest BCUT2D eigenvalue weighted by Gasteiger charge is 2.21. The van der Waals surface area contributed by atoms with Gasteiger partial charge in [0.2, 0.25) is 0 Å². The van der Waals surface area contributed by atoms with Crippen molar-refractivity contribution in [2.75, 3.05) is 0 Å². The number of fused-ring (bicyclic) bond motifs is 2. The maximum absolute atomic E-state index is 13.0. The predicted octanol–water partition coefficient (Wildman–Crippen LogP) is 2.51. The summed E-state index contributed by atoms with van der Waals surface area (Å²) < 4.78 is 3.17. The molecule has 0 spiro atoms. The van der Waals surface area contributed by atoms with Gasteiger partial charge in [-0.25, -0.2) is 4.68 Å². The van der Waals surface area contributed by atoms with E-state index in [0.717, 1.165) is 0 Å². The number of carbonyl (C=O) groups is 1. The van der Waals surface area contributed by atoms with E-state index in [9.17, 15) is 9.59 Å². The van der Waals surface area contributed by atoms with Crippen molar-refractivity contribution in [1.29, 1.82) is 0 Å². The maximum Gasteiger partial charge on any atom is 0.274 e. The van der Waals surface area contributed by atoms with Gasteiger partial charge in [0.15, 0.2) is 17.2 Å². The standard InChI is InChI=1S/C20H20N6O2/c1-12(2)26-20(28)15-9-5-4-8-14(15)17(24-26)19(27)21-13(3)18-23-22-16-10-6-7-11-25(16)18/h4-13H,1-3H3,(H,21,27). The summed E-state index contributed by atoms with van der Waals surface area (Å²) in [5.74, 6) is 0.246. The summed E-state index contributed by atoms with van der Waals surface area (Å²) in [5, 5.41) is 16.6. The Balaban J connectivity index is 1.75. The van der Waals surface area contributed by atoms with Crippen molar-refractivity contribution in [3.05, 3.63) is 70.5 Å². The van der Waals surface area contributed by atoms with Crippen LogP contribution in [0.2, 0.25) is 0 Å². The lowest BCUT2D eigenvalue weighted by Crippen LogP contribution is -2.33. The third-order valence-electron chi connectivity index (χ3n) is 4.61. The molecule has 8 nitrogen and oxygen atoms in total. The largest absolute Gasteiger partial charge is 0.341 e. The number of hydrogen-bond acceptors (Lipinski definition) is 5. The van der Waals surface area contributed by atoms with Crippen LogP contribution in [0, 0.1) is 0 Å². The van der Waals surface area contributed by atoms with Gasteiger partial charge in [-0.1, -0.05) is 24.3 Å². The van der Waals surface area contributed by atoms with E-state index in [1.807, 2.05) is 49.6 Å². The van der Waals surface area contributed by atoms with E-state index in [2.05, 4.69) is 20.6 Å². The molecule has 142 valence electrons. The molecule has 0 saturated carbocycles. The molecule has 3 heterocycles. The van der Waals surface area contributed by atoms with Crippen LogP contribution >= 0.6 is 0 Å². The van der Waals surface area contributed by atoms with Crippen LogP contribution in [0.15, 0.2) is 53.5 Å². The highest BCUT2D eigenvalue weighted by atomic mass is 16.2. The summed E-state index contributed by atoms with van der Waals surface area (Å²) in [7, 11) is 0. The minimum Gasteiger partial charge on any atom is -0.341 e. The second kappa shape index (κ2) is 6.88. The van der Waals surface area contributed by atoms with Crippen molar-refractivity contribution in [3.8, 4) is 0 Å². The Morgan fingerprint density at radius 2 is 1.71 bits per heavy atom. The van der Waals surface area contributed by atoms with Gasteiger partial charge in [-0.2, -0.15) is 5.10 Å². The third kappa shape index (κ3) is 2.92. The maximum atomic E-state index is 13.0. The molecule has 1 N–H and O–H groups in total. The van der Waals surface area contributed by atoms with Crippen LogP contribution in [0.3, 0.4) is 0 Å². The fourth-order valence-corrected chi connectivity index (χ4v) is 3.21. The smallest absolute Gasteiger partial charge is 0.274 e. The van der Waals surface area contributed by atoms with Crippen LogP contribution in [0.1, 0.15) is 49.2 Å². The fourth-order valence-electron chi connectivity index (χ4n) is 3.21. The number of nitrogens with one attached hydrogen (secondary N) is 1. The molecule has 1 aromatic carbocycles. The Morgan fingerprint density at radius 3 is 2.46 bits per heavy atom. The molecule has 0 aliphatic rings. The first-order valence-electron chi connectivity index (χ1n) is 9.09. The molecule has 8 heteroatoms. The zero-order valence-corrected chi connectivity index (χ0v) is 15.8. The highest BCUT2D eigenvalue weighted by molar-refractivity contribution is 6.04. The molecule has 0 radical (unpaired) electrons. The molecule has 1 unspecified atom stereocenters. The first-order valence-corrected chi connectivity index (χ1v) is 9.09. The Hall–Kier alpha value is -3.55. The molecule has 0 fully saturated rings. The van der Waals surface area contributed by atoms with Crippen LogP contribution < -0.4 is 10.9 Å². The van der Waals surface area contributed by atoms with E-state index in [4.69, 9.17) is 0 Å². The fraction of sp³-hybridized carbons (Fsp3) is 0.250. The summed E-state index contributed by atoms with van der Waals surface area (Å²) in [4.78, 5) is 25.7. The molecular weight excluding hydrogens is 356 g/mol.